The Balaban J connectivity index is 2.08. The summed E-state index contributed by atoms with van der Waals surface area (Å²) in [7, 11) is 0. The molecule has 1 amide bonds. The van der Waals surface area contributed by atoms with Crippen LogP contribution in [0.1, 0.15) is 40.3 Å². The number of rotatable bonds is 3. The van der Waals surface area contributed by atoms with Crippen LogP contribution in [0.3, 0.4) is 0 Å². The molecule has 0 fully saturated rings. The van der Waals surface area contributed by atoms with E-state index in [0.29, 0.717) is 5.76 Å². The van der Waals surface area contributed by atoms with E-state index in [-0.39, 0.29) is 11.9 Å². The molecule has 2 rings (SSSR count). The molecule has 0 aliphatic rings. The van der Waals surface area contributed by atoms with E-state index in [1.54, 1.807) is 12.3 Å². The number of hydrogen-bond acceptors (Lipinski definition) is 3. The molecule has 4 nitrogen and oxygen atoms in total. The second-order valence-electron chi connectivity index (χ2n) is 4.36. The zero-order chi connectivity index (χ0) is 13.1. The smallest absolute Gasteiger partial charge is 0.287 e. The highest BCUT2D eigenvalue weighted by Gasteiger charge is 2.16. The predicted molar refractivity (Wildman–Crippen MR) is 68.3 cm³/mol. The first kappa shape index (κ1) is 12.4. The average Bonchev–Trinajstić information content (AvgIpc) is 2.76. The second-order valence-corrected chi connectivity index (χ2v) is 4.36. The normalized spacial score (nSPS) is 12.2. The van der Waals surface area contributed by atoms with Gasteiger partial charge in [-0.25, -0.2) is 0 Å². The highest BCUT2D eigenvalue weighted by Crippen LogP contribution is 2.14. The Morgan fingerprint density at radius 1 is 1.33 bits per heavy atom. The number of hydrogen-bond donors (Lipinski definition) is 1. The molecule has 4 heteroatoms. The van der Waals surface area contributed by atoms with Gasteiger partial charge in [-0.15, -0.1) is 0 Å². The Kier molecular flexibility index (Phi) is 3.46. The van der Waals surface area contributed by atoms with Gasteiger partial charge < -0.3 is 9.73 Å². The third kappa shape index (κ3) is 2.59. The fourth-order valence-corrected chi connectivity index (χ4v) is 1.69. The number of pyridine rings is 1. The molecule has 1 N–H and O–H groups in total. The van der Waals surface area contributed by atoms with Crippen LogP contribution in [0.15, 0.2) is 35.1 Å². The van der Waals surface area contributed by atoms with Crippen molar-refractivity contribution < 1.29 is 9.21 Å². The quantitative estimate of drug-likeness (QED) is 0.903. The first-order valence-corrected chi connectivity index (χ1v) is 5.85. The lowest BCUT2D eigenvalue weighted by atomic mass is 10.1. The maximum absolute atomic E-state index is 12.0. The minimum atomic E-state index is -0.203. The summed E-state index contributed by atoms with van der Waals surface area (Å²) in [4.78, 5) is 16.2. The van der Waals surface area contributed by atoms with E-state index in [2.05, 4.69) is 10.3 Å². The molecule has 0 saturated carbocycles. The molecule has 0 bridgehead atoms. The van der Waals surface area contributed by atoms with E-state index >= 15 is 0 Å². The molecule has 18 heavy (non-hydrogen) atoms. The van der Waals surface area contributed by atoms with Crippen molar-refractivity contribution in [3.63, 3.8) is 0 Å². The van der Waals surface area contributed by atoms with Crippen LogP contribution < -0.4 is 5.32 Å². The number of aryl methyl sites for hydroxylation is 2. The molecule has 0 saturated heterocycles. The van der Waals surface area contributed by atoms with Gasteiger partial charge in [0.25, 0.3) is 5.91 Å². The van der Waals surface area contributed by atoms with Gasteiger partial charge in [0, 0.05) is 17.5 Å². The van der Waals surface area contributed by atoms with Crippen LogP contribution in [0.5, 0.6) is 0 Å². The van der Waals surface area contributed by atoms with Crippen molar-refractivity contribution in [1.29, 1.82) is 0 Å². The summed E-state index contributed by atoms with van der Waals surface area (Å²) in [5.41, 5.74) is 2.76. The number of amides is 1. The summed E-state index contributed by atoms with van der Waals surface area (Å²) < 4.78 is 5.15. The number of nitrogens with zero attached hydrogens (tertiary/aromatic N) is 1. The van der Waals surface area contributed by atoms with Crippen molar-refractivity contribution in [1.82, 2.24) is 10.3 Å². The third-order valence-corrected chi connectivity index (χ3v) is 2.85. The van der Waals surface area contributed by atoms with Gasteiger partial charge in [-0.05, 0) is 38.5 Å². The van der Waals surface area contributed by atoms with E-state index in [1.807, 2.05) is 32.9 Å². The number of nitrogens with one attached hydrogen (secondary N) is 1. The van der Waals surface area contributed by atoms with E-state index < -0.39 is 0 Å². The van der Waals surface area contributed by atoms with Gasteiger partial charge in [-0.1, -0.05) is 6.07 Å². The predicted octanol–water partition coefficient (Wildman–Crippen LogP) is 2.78. The highest BCUT2D eigenvalue weighted by molar-refractivity contribution is 5.93. The summed E-state index contributed by atoms with van der Waals surface area (Å²) in [6.45, 7) is 5.69. The van der Waals surface area contributed by atoms with Crippen LogP contribution in [0.2, 0.25) is 0 Å². The number of carbonyl (C=O) groups excluding carboxylic acids is 1. The van der Waals surface area contributed by atoms with Crippen LogP contribution in [0.25, 0.3) is 0 Å². The summed E-state index contributed by atoms with van der Waals surface area (Å²) in [6.07, 6.45) is 3.29. The van der Waals surface area contributed by atoms with Crippen molar-refractivity contribution in [3.8, 4) is 0 Å². The van der Waals surface area contributed by atoms with Crippen molar-refractivity contribution in [3.05, 3.63) is 53.2 Å². The Morgan fingerprint density at radius 3 is 2.67 bits per heavy atom. The Bertz CT molecular complexity index is 543. The standard InChI is InChI=1S/C14H16N2O2/c1-9-6-7-18-13(9)14(17)16-11(3)12-5-4-10(2)15-8-12/h4-8,11H,1-3H3,(H,16,17)/t11-/m0/s1. The Morgan fingerprint density at radius 2 is 2.11 bits per heavy atom. The first-order chi connectivity index (χ1) is 8.58. The molecular weight excluding hydrogens is 228 g/mol. The molecule has 94 valence electrons. The SMILES string of the molecule is Cc1ccc([C@H](C)NC(=O)c2occc2C)cn1. The van der Waals surface area contributed by atoms with Crippen molar-refractivity contribution >= 4 is 5.91 Å². The lowest BCUT2D eigenvalue weighted by Crippen LogP contribution is -2.26. The monoisotopic (exact) mass is 244 g/mol. The van der Waals surface area contributed by atoms with Gasteiger partial charge in [0.2, 0.25) is 0 Å². The summed E-state index contributed by atoms with van der Waals surface area (Å²) in [5.74, 6) is 0.160. The first-order valence-electron chi connectivity index (χ1n) is 5.85. The largest absolute Gasteiger partial charge is 0.459 e. The summed E-state index contributed by atoms with van der Waals surface area (Å²) in [6, 6.07) is 5.56. The minimum absolute atomic E-state index is 0.102. The van der Waals surface area contributed by atoms with Crippen LogP contribution >= 0.6 is 0 Å². The summed E-state index contributed by atoms with van der Waals surface area (Å²) >= 11 is 0. The molecular formula is C14H16N2O2. The second kappa shape index (κ2) is 5.04. The molecule has 2 heterocycles. The fourth-order valence-electron chi connectivity index (χ4n) is 1.69. The van der Waals surface area contributed by atoms with Gasteiger partial charge in [0.1, 0.15) is 0 Å². The van der Waals surface area contributed by atoms with E-state index in [9.17, 15) is 4.79 Å². The van der Waals surface area contributed by atoms with E-state index in [4.69, 9.17) is 4.42 Å². The molecule has 0 radical (unpaired) electrons. The molecule has 0 aliphatic heterocycles. The van der Waals surface area contributed by atoms with Gasteiger partial charge in [-0.3, -0.25) is 9.78 Å². The number of carbonyl (C=O) groups is 1. The van der Waals surface area contributed by atoms with Crippen molar-refractivity contribution in [2.24, 2.45) is 0 Å². The van der Waals surface area contributed by atoms with E-state index in [0.717, 1.165) is 16.8 Å². The zero-order valence-electron chi connectivity index (χ0n) is 10.7. The van der Waals surface area contributed by atoms with Gasteiger partial charge in [-0.2, -0.15) is 0 Å². The fraction of sp³-hybridized carbons (Fsp3) is 0.286. The minimum Gasteiger partial charge on any atom is -0.459 e. The topological polar surface area (TPSA) is 55.1 Å². The molecule has 0 aliphatic carbocycles. The van der Waals surface area contributed by atoms with Crippen molar-refractivity contribution in [2.45, 2.75) is 26.8 Å². The lowest BCUT2D eigenvalue weighted by Gasteiger charge is -2.13. The maximum atomic E-state index is 12.0. The highest BCUT2D eigenvalue weighted by atomic mass is 16.3. The van der Waals surface area contributed by atoms with Crippen LogP contribution in [-0.4, -0.2) is 10.9 Å². The lowest BCUT2D eigenvalue weighted by molar-refractivity contribution is 0.0911. The summed E-state index contributed by atoms with van der Waals surface area (Å²) in [5, 5.41) is 2.89. The molecule has 0 spiro atoms. The number of furan rings is 1. The Labute approximate surface area is 106 Å². The van der Waals surface area contributed by atoms with Gasteiger partial charge in [0.05, 0.1) is 12.3 Å². The van der Waals surface area contributed by atoms with Crippen molar-refractivity contribution in [2.75, 3.05) is 0 Å². The van der Waals surface area contributed by atoms with Gasteiger partial charge in [0.15, 0.2) is 5.76 Å². The van der Waals surface area contributed by atoms with Crippen LogP contribution in [0.4, 0.5) is 0 Å². The molecule has 1 atom stereocenters. The van der Waals surface area contributed by atoms with Crippen LogP contribution in [-0.2, 0) is 0 Å². The average molecular weight is 244 g/mol. The molecule has 2 aromatic heterocycles. The number of aromatic nitrogens is 1. The maximum Gasteiger partial charge on any atom is 0.287 e. The van der Waals surface area contributed by atoms with Crippen LogP contribution in [0, 0.1) is 13.8 Å². The van der Waals surface area contributed by atoms with E-state index in [1.165, 1.54) is 6.26 Å². The molecule has 0 unspecified atom stereocenters. The van der Waals surface area contributed by atoms with Gasteiger partial charge >= 0.3 is 0 Å². The molecule has 0 aromatic carbocycles. The third-order valence-electron chi connectivity index (χ3n) is 2.85. The Hall–Kier alpha value is -2.10. The molecule has 2 aromatic rings. The zero-order valence-corrected chi connectivity index (χ0v) is 10.7.